The molecular formula is C20H15ClFN3OS. The van der Waals surface area contributed by atoms with E-state index < -0.39 is 0 Å². The number of aromatic nitrogens is 3. The predicted octanol–water partition coefficient (Wildman–Crippen LogP) is 5.92. The van der Waals surface area contributed by atoms with E-state index in [0.717, 1.165) is 16.8 Å². The number of thioether (sulfide) groups is 1. The maximum Gasteiger partial charge on any atom is 0.205 e. The van der Waals surface area contributed by atoms with Crippen LogP contribution >= 0.6 is 23.4 Å². The maximum absolute atomic E-state index is 13.5. The minimum absolute atomic E-state index is 0.253. The third-order valence-corrected chi connectivity index (χ3v) is 5.28. The lowest BCUT2D eigenvalue weighted by atomic mass is 10.2. The second-order valence-corrected chi connectivity index (χ2v) is 7.35. The fourth-order valence-corrected chi connectivity index (χ4v) is 3.80. The molecule has 0 atom stereocenters. The molecule has 0 radical (unpaired) electrons. The van der Waals surface area contributed by atoms with E-state index in [4.69, 9.17) is 16.0 Å². The quantitative estimate of drug-likeness (QED) is 0.391. The molecule has 0 aliphatic carbocycles. The van der Waals surface area contributed by atoms with E-state index in [2.05, 4.69) is 10.2 Å². The van der Waals surface area contributed by atoms with Crippen LogP contribution in [-0.4, -0.2) is 14.8 Å². The largest absolute Gasteiger partial charge is 0.461 e. The first-order valence-electron chi connectivity index (χ1n) is 8.25. The normalized spacial score (nSPS) is 11.1. The Morgan fingerprint density at radius 3 is 2.78 bits per heavy atom. The summed E-state index contributed by atoms with van der Waals surface area (Å²) in [5.74, 6) is 1.51. The Morgan fingerprint density at radius 2 is 2.00 bits per heavy atom. The van der Waals surface area contributed by atoms with Gasteiger partial charge in [0.25, 0.3) is 0 Å². The van der Waals surface area contributed by atoms with E-state index in [1.54, 1.807) is 18.4 Å². The number of hydrogen-bond donors (Lipinski definition) is 0. The standard InChI is InChI=1S/C20H15ClFN3OS/c1-13-7-8-15(21)11-17(13)25-19(18-6-3-9-26-18)23-24-20(25)27-12-14-4-2-5-16(22)10-14/h2-11H,12H2,1H3. The van der Waals surface area contributed by atoms with Crippen molar-refractivity contribution in [2.24, 2.45) is 0 Å². The van der Waals surface area contributed by atoms with Crippen LogP contribution in [-0.2, 0) is 5.75 Å². The van der Waals surface area contributed by atoms with Gasteiger partial charge in [-0.25, -0.2) is 4.39 Å². The van der Waals surface area contributed by atoms with Gasteiger partial charge < -0.3 is 4.42 Å². The van der Waals surface area contributed by atoms with Gasteiger partial charge in [0.2, 0.25) is 5.82 Å². The van der Waals surface area contributed by atoms with Crippen molar-refractivity contribution in [1.29, 1.82) is 0 Å². The average molecular weight is 400 g/mol. The lowest BCUT2D eigenvalue weighted by molar-refractivity contribution is 0.575. The van der Waals surface area contributed by atoms with E-state index in [1.165, 1.54) is 23.9 Å². The maximum atomic E-state index is 13.5. The van der Waals surface area contributed by atoms with E-state index in [9.17, 15) is 4.39 Å². The van der Waals surface area contributed by atoms with Gasteiger partial charge in [-0.2, -0.15) is 0 Å². The first-order chi connectivity index (χ1) is 13.1. The molecule has 0 amide bonds. The first kappa shape index (κ1) is 17.8. The number of furan rings is 1. The smallest absolute Gasteiger partial charge is 0.205 e. The van der Waals surface area contributed by atoms with Gasteiger partial charge in [-0.1, -0.05) is 41.6 Å². The molecule has 27 heavy (non-hydrogen) atoms. The predicted molar refractivity (Wildman–Crippen MR) is 105 cm³/mol. The highest BCUT2D eigenvalue weighted by atomic mass is 35.5. The first-order valence-corrected chi connectivity index (χ1v) is 9.61. The van der Waals surface area contributed by atoms with Crippen LogP contribution in [0.4, 0.5) is 4.39 Å². The second-order valence-electron chi connectivity index (χ2n) is 5.97. The molecule has 4 rings (SSSR count). The molecule has 0 bridgehead atoms. The minimum atomic E-state index is -0.253. The number of halogens is 2. The van der Waals surface area contributed by atoms with Crippen LogP contribution in [0, 0.1) is 12.7 Å². The lowest BCUT2D eigenvalue weighted by Crippen LogP contribution is -2.02. The molecule has 0 unspecified atom stereocenters. The third kappa shape index (κ3) is 3.77. The van der Waals surface area contributed by atoms with E-state index in [0.29, 0.717) is 27.5 Å². The van der Waals surface area contributed by atoms with Crippen LogP contribution in [0.3, 0.4) is 0 Å². The van der Waals surface area contributed by atoms with Crippen molar-refractivity contribution in [1.82, 2.24) is 14.8 Å². The monoisotopic (exact) mass is 399 g/mol. The van der Waals surface area contributed by atoms with Crippen LogP contribution in [0.15, 0.2) is 70.4 Å². The van der Waals surface area contributed by atoms with Gasteiger partial charge in [-0.3, -0.25) is 4.57 Å². The molecule has 136 valence electrons. The van der Waals surface area contributed by atoms with Crippen molar-refractivity contribution in [2.45, 2.75) is 17.8 Å². The topological polar surface area (TPSA) is 43.9 Å². The van der Waals surface area contributed by atoms with E-state index >= 15 is 0 Å². The minimum Gasteiger partial charge on any atom is -0.461 e. The van der Waals surface area contributed by atoms with E-state index in [1.807, 2.05) is 41.8 Å². The lowest BCUT2D eigenvalue weighted by Gasteiger charge is -2.12. The van der Waals surface area contributed by atoms with Crippen molar-refractivity contribution < 1.29 is 8.81 Å². The molecule has 4 aromatic rings. The highest BCUT2D eigenvalue weighted by Crippen LogP contribution is 2.32. The molecule has 0 aliphatic heterocycles. The molecule has 2 aromatic carbocycles. The molecule has 7 heteroatoms. The van der Waals surface area contributed by atoms with Crippen molar-refractivity contribution in [3.63, 3.8) is 0 Å². The van der Waals surface area contributed by atoms with Crippen LogP contribution in [0.25, 0.3) is 17.3 Å². The Kier molecular flexibility index (Phi) is 5.01. The second kappa shape index (κ2) is 7.58. The Bertz CT molecular complexity index is 1080. The molecular weight excluding hydrogens is 385 g/mol. The Morgan fingerprint density at radius 1 is 1.11 bits per heavy atom. The van der Waals surface area contributed by atoms with Gasteiger partial charge in [0, 0.05) is 10.8 Å². The summed E-state index contributed by atoms with van der Waals surface area (Å²) in [5, 5.41) is 9.95. The summed E-state index contributed by atoms with van der Waals surface area (Å²) in [5.41, 5.74) is 2.78. The van der Waals surface area contributed by atoms with Gasteiger partial charge >= 0.3 is 0 Å². The zero-order chi connectivity index (χ0) is 18.8. The highest BCUT2D eigenvalue weighted by Gasteiger charge is 2.19. The zero-order valence-electron chi connectivity index (χ0n) is 14.4. The van der Waals surface area contributed by atoms with Gasteiger partial charge in [-0.15, -0.1) is 10.2 Å². The molecule has 0 N–H and O–H groups in total. The summed E-state index contributed by atoms with van der Waals surface area (Å²) in [6.07, 6.45) is 1.60. The van der Waals surface area contributed by atoms with E-state index in [-0.39, 0.29) is 5.82 Å². The molecule has 0 saturated heterocycles. The van der Waals surface area contributed by atoms with Crippen molar-refractivity contribution >= 4 is 23.4 Å². The average Bonchev–Trinajstić information content (AvgIpc) is 3.31. The Balaban J connectivity index is 1.77. The summed E-state index contributed by atoms with van der Waals surface area (Å²) >= 11 is 7.70. The molecule has 0 saturated carbocycles. The van der Waals surface area contributed by atoms with Crippen LogP contribution in [0.1, 0.15) is 11.1 Å². The summed E-state index contributed by atoms with van der Waals surface area (Å²) in [7, 11) is 0. The van der Waals surface area contributed by atoms with Gasteiger partial charge in [0.1, 0.15) is 5.82 Å². The molecule has 0 spiro atoms. The number of benzene rings is 2. The van der Waals surface area contributed by atoms with Gasteiger partial charge in [0.05, 0.1) is 12.0 Å². The van der Waals surface area contributed by atoms with Crippen molar-refractivity contribution in [2.75, 3.05) is 0 Å². The number of aryl methyl sites for hydroxylation is 1. The summed E-state index contributed by atoms with van der Waals surface area (Å²) < 4.78 is 20.9. The van der Waals surface area contributed by atoms with Crippen LogP contribution < -0.4 is 0 Å². The molecule has 0 fully saturated rings. The van der Waals surface area contributed by atoms with Crippen molar-refractivity contribution in [3.05, 3.63) is 82.8 Å². The van der Waals surface area contributed by atoms with Crippen molar-refractivity contribution in [3.8, 4) is 17.3 Å². The Hall–Kier alpha value is -2.57. The number of nitrogens with zero attached hydrogens (tertiary/aromatic N) is 3. The van der Waals surface area contributed by atoms with Crippen LogP contribution in [0.5, 0.6) is 0 Å². The molecule has 2 aromatic heterocycles. The molecule has 2 heterocycles. The SMILES string of the molecule is Cc1ccc(Cl)cc1-n1c(SCc2cccc(F)c2)nnc1-c1ccco1. The zero-order valence-corrected chi connectivity index (χ0v) is 16.0. The Labute approximate surface area is 165 Å². The molecule has 4 nitrogen and oxygen atoms in total. The fraction of sp³-hybridized carbons (Fsp3) is 0.100. The fourth-order valence-electron chi connectivity index (χ4n) is 2.74. The third-order valence-electron chi connectivity index (χ3n) is 4.04. The summed E-state index contributed by atoms with van der Waals surface area (Å²) in [6, 6.07) is 15.8. The summed E-state index contributed by atoms with van der Waals surface area (Å²) in [4.78, 5) is 0. The molecule has 0 aliphatic rings. The number of rotatable bonds is 5. The van der Waals surface area contributed by atoms with Gasteiger partial charge in [-0.05, 0) is 54.4 Å². The number of hydrogen-bond acceptors (Lipinski definition) is 4. The van der Waals surface area contributed by atoms with Crippen LogP contribution in [0.2, 0.25) is 5.02 Å². The highest BCUT2D eigenvalue weighted by molar-refractivity contribution is 7.98. The summed E-state index contributed by atoms with van der Waals surface area (Å²) in [6.45, 7) is 2.00. The van der Waals surface area contributed by atoms with Gasteiger partial charge in [0.15, 0.2) is 10.9 Å².